The van der Waals surface area contributed by atoms with Crippen LogP contribution in [-0.4, -0.2) is 30.0 Å². The van der Waals surface area contributed by atoms with Gasteiger partial charge in [0.2, 0.25) is 5.91 Å². The summed E-state index contributed by atoms with van der Waals surface area (Å²) in [4.78, 5) is 35.1. The molecule has 1 N–H and O–H groups in total. The highest BCUT2D eigenvalue weighted by molar-refractivity contribution is 5.85. The molecule has 0 radical (unpaired) electrons. The Bertz CT molecular complexity index is 1100. The maximum Gasteiger partial charge on any atom is 0.328 e. The molecular weight excluding hydrogens is 424 g/mol. The molecule has 3 rings (SSSR count). The first-order chi connectivity index (χ1) is 15.9. The molecule has 170 valence electrons. The number of rotatable bonds is 10. The van der Waals surface area contributed by atoms with Crippen LogP contribution in [0.25, 0.3) is 0 Å². The topological polar surface area (TPSA) is 108 Å². The minimum atomic E-state index is -0.891. The lowest BCUT2D eigenvalue weighted by molar-refractivity contribution is -0.384. The van der Waals surface area contributed by atoms with Gasteiger partial charge in [0.25, 0.3) is 5.69 Å². The summed E-state index contributed by atoms with van der Waals surface area (Å²) in [6.45, 7) is 0.443. The lowest BCUT2D eigenvalue weighted by Crippen LogP contribution is -2.43. The first-order valence-electron chi connectivity index (χ1n) is 10.3. The fraction of sp³-hybridized carbons (Fsp3) is 0.200. The Labute approximate surface area is 191 Å². The number of nitro benzene ring substituents is 1. The lowest BCUT2D eigenvalue weighted by Gasteiger charge is -2.17. The van der Waals surface area contributed by atoms with E-state index < -0.39 is 22.8 Å². The van der Waals surface area contributed by atoms with Gasteiger partial charge in [-0.25, -0.2) is 4.79 Å². The Morgan fingerprint density at radius 2 is 1.64 bits per heavy atom. The molecule has 0 heterocycles. The van der Waals surface area contributed by atoms with E-state index in [0.29, 0.717) is 17.9 Å². The highest BCUT2D eigenvalue weighted by Crippen LogP contribution is 2.16. The van der Waals surface area contributed by atoms with E-state index in [2.05, 4.69) is 5.32 Å². The molecule has 0 aliphatic rings. The monoisotopic (exact) mass is 448 g/mol. The number of nitro groups is 1. The highest BCUT2D eigenvalue weighted by Gasteiger charge is 2.22. The molecule has 1 amide bonds. The Kier molecular flexibility index (Phi) is 8.13. The molecule has 0 saturated carbocycles. The van der Waals surface area contributed by atoms with Gasteiger partial charge in [0, 0.05) is 18.6 Å². The number of amides is 1. The first kappa shape index (κ1) is 23.5. The molecular formula is C25H24N2O6. The van der Waals surface area contributed by atoms with E-state index in [1.54, 1.807) is 18.2 Å². The summed E-state index contributed by atoms with van der Waals surface area (Å²) in [6, 6.07) is 22.0. The molecule has 0 fully saturated rings. The number of carbonyl (C=O) groups excluding carboxylic acids is 2. The molecule has 3 aromatic rings. The standard InChI is InChI=1S/C25H24N2O6/c1-32-25(29)23(26-24(28)16-20-8-5-9-21(14-20)27(30)31)15-18-10-12-22(13-11-18)33-17-19-6-3-2-4-7-19/h2-14,23H,15-17H2,1H3,(H,26,28)/t23-/m1/s1. The minimum Gasteiger partial charge on any atom is -0.489 e. The molecule has 0 aromatic heterocycles. The number of benzene rings is 3. The number of esters is 1. The summed E-state index contributed by atoms with van der Waals surface area (Å²) in [5.41, 5.74) is 2.25. The van der Waals surface area contributed by atoms with Crippen molar-refractivity contribution in [2.24, 2.45) is 0 Å². The van der Waals surface area contributed by atoms with Gasteiger partial charge in [-0.3, -0.25) is 14.9 Å². The van der Waals surface area contributed by atoms with E-state index in [-0.39, 0.29) is 18.5 Å². The van der Waals surface area contributed by atoms with Crippen molar-refractivity contribution in [3.8, 4) is 5.75 Å². The molecule has 0 unspecified atom stereocenters. The van der Waals surface area contributed by atoms with Crippen molar-refractivity contribution in [2.75, 3.05) is 7.11 Å². The minimum absolute atomic E-state index is 0.0958. The average Bonchev–Trinajstić information content (AvgIpc) is 2.83. The van der Waals surface area contributed by atoms with Gasteiger partial charge in [-0.15, -0.1) is 0 Å². The van der Waals surface area contributed by atoms with Gasteiger partial charge in [-0.1, -0.05) is 54.6 Å². The van der Waals surface area contributed by atoms with Crippen molar-refractivity contribution in [1.29, 1.82) is 0 Å². The fourth-order valence-corrected chi connectivity index (χ4v) is 3.24. The van der Waals surface area contributed by atoms with Crippen LogP contribution in [0, 0.1) is 10.1 Å². The summed E-state index contributed by atoms with van der Waals surface area (Å²) in [5, 5.41) is 13.6. The maximum absolute atomic E-state index is 12.5. The van der Waals surface area contributed by atoms with Crippen LogP contribution in [0.4, 0.5) is 5.69 Å². The van der Waals surface area contributed by atoms with Crippen LogP contribution in [0.1, 0.15) is 16.7 Å². The van der Waals surface area contributed by atoms with Crippen molar-refractivity contribution in [2.45, 2.75) is 25.5 Å². The number of non-ortho nitro benzene ring substituents is 1. The third kappa shape index (κ3) is 7.17. The van der Waals surface area contributed by atoms with Crippen LogP contribution in [-0.2, 0) is 33.8 Å². The number of nitrogens with zero attached hydrogens (tertiary/aromatic N) is 1. The third-order valence-electron chi connectivity index (χ3n) is 4.92. The van der Waals surface area contributed by atoms with Crippen molar-refractivity contribution in [1.82, 2.24) is 5.32 Å². The molecule has 8 heteroatoms. The van der Waals surface area contributed by atoms with E-state index in [4.69, 9.17) is 9.47 Å². The Balaban J connectivity index is 1.59. The number of nitrogens with one attached hydrogen (secondary N) is 1. The SMILES string of the molecule is COC(=O)[C@@H](Cc1ccc(OCc2ccccc2)cc1)NC(=O)Cc1cccc([N+](=O)[O-])c1. The van der Waals surface area contributed by atoms with Crippen molar-refractivity contribution in [3.63, 3.8) is 0 Å². The van der Waals surface area contributed by atoms with Crippen LogP contribution in [0.15, 0.2) is 78.9 Å². The Morgan fingerprint density at radius 1 is 0.939 bits per heavy atom. The third-order valence-corrected chi connectivity index (χ3v) is 4.92. The van der Waals surface area contributed by atoms with Crippen molar-refractivity contribution >= 4 is 17.6 Å². The van der Waals surface area contributed by atoms with Gasteiger partial charge in [0.15, 0.2) is 0 Å². The van der Waals surface area contributed by atoms with Gasteiger partial charge < -0.3 is 14.8 Å². The normalized spacial score (nSPS) is 11.3. The summed E-state index contributed by atoms with van der Waals surface area (Å²) >= 11 is 0. The van der Waals surface area contributed by atoms with E-state index in [0.717, 1.165) is 11.1 Å². The first-order valence-corrected chi connectivity index (χ1v) is 10.3. The lowest BCUT2D eigenvalue weighted by atomic mass is 10.0. The Morgan fingerprint density at radius 3 is 2.30 bits per heavy atom. The summed E-state index contributed by atoms with van der Waals surface area (Å²) < 4.78 is 10.6. The van der Waals surface area contributed by atoms with Gasteiger partial charge in [-0.05, 0) is 28.8 Å². The van der Waals surface area contributed by atoms with Crippen LogP contribution in [0.2, 0.25) is 0 Å². The van der Waals surface area contributed by atoms with Crippen LogP contribution >= 0.6 is 0 Å². The Hall–Kier alpha value is -4.20. The molecule has 0 aliphatic carbocycles. The second kappa shape index (κ2) is 11.4. The second-order valence-electron chi connectivity index (χ2n) is 7.37. The molecule has 1 atom stereocenters. The molecule has 0 bridgehead atoms. The van der Waals surface area contributed by atoms with Gasteiger partial charge in [-0.2, -0.15) is 0 Å². The maximum atomic E-state index is 12.5. The largest absolute Gasteiger partial charge is 0.489 e. The van der Waals surface area contributed by atoms with Gasteiger partial charge >= 0.3 is 5.97 Å². The zero-order chi connectivity index (χ0) is 23.6. The average molecular weight is 448 g/mol. The van der Waals surface area contributed by atoms with E-state index in [9.17, 15) is 19.7 Å². The summed E-state index contributed by atoms with van der Waals surface area (Å²) in [5.74, 6) is -0.326. The van der Waals surface area contributed by atoms with Crippen LogP contribution in [0.3, 0.4) is 0 Å². The van der Waals surface area contributed by atoms with Gasteiger partial charge in [0.1, 0.15) is 18.4 Å². The molecule has 0 aliphatic heterocycles. The van der Waals surface area contributed by atoms with E-state index >= 15 is 0 Å². The van der Waals surface area contributed by atoms with Crippen LogP contribution in [0.5, 0.6) is 5.75 Å². The second-order valence-corrected chi connectivity index (χ2v) is 7.37. The quantitative estimate of drug-likeness (QED) is 0.288. The highest BCUT2D eigenvalue weighted by atomic mass is 16.6. The summed E-state index contributed by atoms with van der Waals surface area (Å²) in [6.07, 6.45) is 0.133. The van der Waals surface area contributed by atoms with Crippen molar-refractivity contribution < 1.29 is 24.0 Å². The predicted octanol–water partition coefficient (Wildman–Crippen LogP) is 3.62. The van der Waals surface area contributed by atoms with E-state index in [1.165, 1.54) is 25.3 Å². The van der Waals surface area contributed by atoms with E-state index in [1.807, 2.05) is 42.5 Å². The van der Waals surface area contributed by atoms with Crippen LogP contribution < -0.4 is 10.1 Å². The smallest absolute Gasteiger partial charge is 0.328 e. The molecule has 8 nitrogen and oxygen atoms in total. The molecule has 0 saturated heterocycles. The number of carbonyl (C=O) groups is 2. The fourth-order valence-electron chi connectivity index (χ4n) is 3.24. The zero-order valence-electron chi connectivity index (χ0n) is 18.1. The molecule has 0 spiro atoms. The molecule has 3 aromatic carbocycles. The predicted molar refractivity (Wildman–Crippen MR) is 122 cm³/mol. The number of ether oxygens (including phenoxy) is 2. The molecule has 33 heavy (non-hydrogen) atoms. The zero-order valence-corrected chi connectivity index (χ0v) is 18.1. The summed E-state index contributed by atoms with van der Waals surface area (Å²) in [7, 11) is 1.25. The van der Waals surface area contributed by atoms with Gasteiger partial charge in [0.05, 0.1) is 18.5 Å². The number of hydrogen-bond donors (Lipinski definition) is 1. The van der Waals surface area contributed by atoms with Crippen molar-refractivity contribution in [3.05, 3.63) is 106 Å². The number of methoxy groups -OCH3 is 1. The number of hydrogen-bond acceptors (Lipinski definition) is 6.